The molecule has 2 N–H and O–H groups in total. The molecule has 96 valence electrons. The van der Waals surface area contributed by atoms with E-state index in [9.17, 15) is 9.59 Å². The first-order chi connectivity index (χ1) is 7.84. The van der Waals surface area contributed by atoms with Crippen LogP contribution in [0.4, 0.5) is 0 Å². The molecule has 0 aliphatic rings. The second-order valence-corrected chi connectivity index (χ2v) is 4.08. The monoisotopic (exact) mass is 241 g/mol. The molecule has 0 aliphatic carbocycles. The van der Waals surface area contributed by atoms with Crippen LogP contribution in [0.3, 0.4) is 0 Å². The van der Waals surface area contributed by atoms with Gasteiger partial charge in [-0.15, -0.1) is 0 Å². The fraction of sp³-hybridized carbons (Fsp3) is 0.500. The van der Waals surface area contributed by atoms with Gasteiger partial charge >= 0.3 is 11.9 Å². The minimum Gasteiger partial charge on any atom is -0.478 e. The van der Waals surface area contributed by atoms with Crippen LogP contribution in [0.5, 0.6) is 0 Å². The highest BCUT2D eigenvalue weighted by Gasteiger charge is 2.15. The van der Waals surface area contributed by atoms with Crippen LogP contribution in [0.1, 0.15) is 12.8 Å². The van der Waals surface area contributed by atoms with Crippen molar-refractivity contribution in [3.63, 3.8) is 0 Å². The van der Waals surface area contributed by atoms with Crippen molar-refractivity contribution >= 4 is 11.9 Å². The summed E-state index contributed by atoms with van der Waals surface area (Å²) in [7, 11) is 3.85. The summed E-state index contributed by atoms with van der Waals surface area (Å²) in [6, 6.07) is 0. The molecule has 0 aromatic carbocycles. The van der Waals surface area contributed by atoms with Crippen molar-refractivity contribution < 1.29 is 19.8 Å². The van der Waals surface area contributed by atoms with Crippen LogP contribution in [-0.4, -0.2) is 47.7 Å². The van der Waals surface area contributed by atoms with Crippen molar-refractivity contribution in [2.75, 3.05) is 20.6 Å². The number of rotatable bonds is 8. The van der Waals surface area contributed by atoms with E-state index in [1.54, 1.807) is 0 Å². The van der Waals surface area contributed by atoms with Crippen LogP contribution < -0.4 is 0 Å². The molecule has 0 fully saturated rings. The molecule has 0 aliphatic heterocycles. The Kier molecular flexibility index (Phi) is 6.89. The van der Waals surface area contributed by atoms with Crippen molar-refractivity contribution in [2.24, 2.45) is 5.92 Å². The molecule has 0 saturated carbocycles. The first-order valence-corrected chi connectivity index (χ1v) is 5.32. The van der Waals surface area contributed by atoms with Crippen molar-refractivity contribution in [1.82, 2.24) is 4.90 Å². The van der Waals surface area contributed by atoms with Gasteiger partial charge in [0.05, 0.1) is 0 Å². The van der Waals surface area contributed by atoms with Crippen LogP contribution in [0.2, 0.25) is 0 Å². The average molecular weight is 241 g/mol. The SMILES string of the molecule is C=C(C(=O)O)C(C=CC(=O)O)CCCN(C)C. The Labute approximate surface area is 101 Å². The van der Waals surface area contributed by atoms with Gasteiger partial charge in [0.1, 0.15) is 0 Å². The molecule has 0 bridgehead atoms. The third-order valence-corrected chi connectivity index (χ3v) is 2.31. The minimum atomic E-state index is -1.09. The van der Waals surface area contributed by atoms with E-state index in [2.05, 4.69) is 6.58 Å². The Bertz CT molecular complexity index is 320. The highest BCUT2D eigenvalue weighted by atomic mass is 16.4. The normalized spacial score (nSPS) is 12.9. The average Bonchev–Trinajstić information content (AvgIpc) is 2.21. The second kappa shape index (κ2) is 7.62. The molecule has 1 atom stereocenters. The topological polar surface area (TPSA) is 77.8 Å². The number of nitrogens with zero attached hydrogens (tertiary/aromatic N) is 1. The molecule has 0 radical (unpaired) electrons. The van der Waals surface area contributed by atoms with Crippen molar-refractivity contribution in [2.45, 2.75) is 12.8 Å². The van der Waals surface area contributed by atoms with Crippen molar-refractivity contribution in [3.05, 3.63) is 24.3 Å². The lowest BCUT2D eigenvalue weighted by Crippen LogP contribution is -2.16. The maximum absolute atomic E-state index is 10.8. The van der Waals surface area contributed by atoms with E-state index in [4.69, 9.17) is 10.2 Å². The van der Waals surface area contributed by atoms with E-state index in [0.29, 0.717) is 6.42 Å². The van der Waals surface area contributed by atoms with E-state index in [0.717, 1.165) is 19.0 Å². The van der Waals surface area contributed by atoms with E-state index in [1.807, 2.05) is 19.0 Å². The lowest BCUT2D eigenvalue weighted by molar-refractivity contribution is -0.133. The van der Waals surface area contributed by atoms with Gasteiger partial charge in [-0.05, 0) is 33.5 Å². The number of allylic oxidation sites excluding steroid dienone is 1. The first-order valence-electron chi connectivity index (χ1n) is 5.32. The molecule has 0 rings (SSSR count). The predicted molar refractivity (Wildman–Crippen MR) is 64.8 cm³/mol. The van der Waals surface area contributed by atoms with E-state index in [1.165, 1.54) is 6.08 Å². The fourth-order valence-electron chi connectivity index (χ4n) is 1.37. The quantitative estimate of drug-likeness (QED) is 0.625. The van der Waals surface area contributed by atoms with E-state index < -0.39 is 17.9 Å². The largest absolute Gasteiger partial charge is 0.478 e. The smallest absolute Gasteiger partial charge is 0.331 e. The summed E-state index contributed by atoms with van der Waals surface area (Å²) in [6.07, 6.45) is 3.71. The van der Waals surface area contributed by atoms with E-state index >= 15 is 0 Å². The first kappa shape index (κ1) is 15.4. The highest BCUT2D eigenvalue weighted by Crippen LogP contribution is 2.18. The highest BCUT2D eigenvalue weighted by molar-refractivity contribution is 5.87. The zero-order valence-corrected chi connectivity index (χ0v) is 10.2. The molecular formula is C12H19NO4. The fourth-order valence-corrected chi connectivity index (χ4v) is 1.37. The predicted octanol–water partition coefficient (Wildman–Crippen LogP) is 1.23. The molecule has 0 heterocycles. The summed E-state index contributed by atoms with van der Waals surface area (Å²) in [4.78, 5) is 23.2. The van der Waals surface area contributed by atoms with Crippen molar-refractivity contribution in [1.29, 1.82) is 0 Å². The van der Waals surface area contributed by atoms with Gasteiger partial charge in [0.25, 0.3) is 0 Å². The van der Waals surface area contributed by atoms with Gasteiger partial charge in [0.15, 0.2) is 0 Å². The Hall–Kier alpha value is -1.62. The minimum absolute atomic E-state index is 0.0289. The molecule has 0 spiro atoms. The maximum Gasteiger partial charge on any atom is 0.331 e. The van der Waals surface area contributed by atoms with Gasteiger partial charge in [-0.2, -0.15) is 0 Å². The summed E-state index contributed by atoms with van der Waals surface area (Å²) < 4.78 is 0. The molecule has 5 nitrogen and oxygen atoms in total. The van der Waals surface area contributed by atoms with Crippen molar-refractivity contribution in [3.8, 4) is 0 Å². The number of hydrogen-bond acceptors (Lipinski definition) is 3. The molecule has 17 heavy (non-hydrogen) atoms. The zero-order chi connectivity index (χ0) is 13.4. The number of carbonyl (C=O) groups is 2. The van der Waals surface area contributed by atoms with Gasteiger partial charge in [0.2, 0.25) is 0 Å². The van der Waals surface area contributed by atoms with Gasteiger partial charge in [-0.1, -0.05) is 12.7 Å². The second-order valence-electron chi connectivity index (χ2n) is 4.08. The van der Waals surface area contributed by atoms with Crippen LogP contribution >= 0.6 is 0 Å². The third kappa shape index (κ3) is 7.30. The van der Waals surface area contributed by atoms with E-state index in [-0.39, 0.29) is 5.57 Å². The lowest BCUT2D eigenvalue weighted by atomic mass is 9.94. The van der Waals surface area contributed by atoms with Crippen LogP contribution in [0.25, 0.3) is 0 Å². The summed E-state index contributed by atoms with van der Waals surface area (Å²) >= 11 is 0. The standard InChI is InChI=1S/C12H19NO4/c1-9(12(16)17)10(6-7-11(14)15)5-4-8-13(2)3/h6-7,10H,1,4-5,8H2,2-3H3,(H,14,15)(H,16,17). The number of carboxylic acid groups (broad SMARTS) is 2. The van der Waals surface area contributed by atoms with Gasteiger partial charge in [-0.25, -0.2) is 9.59 Å². The molecule has 0 aromatic heterocycles. The van der Waals surface area contributed by atoms with Crippen LogP contribution in [-0.2, 0) is 9.59 Å². The number of carboxylic acids is 2. The Balaban J connectivity index is 4.46. The lowest BCUT2D eigenvalue weighted by Gasteiger charge is -2.14. The van der Waals surface area contributed by atoms with Gasteiger partial charge < -0.3 is 15.1 Å². The summed E-state index contributed by atoms with van der Waals surface area (Å²) in [6.45, 7) is 4.30. The molecule has 0 saturated heterocycles. The van der Waals surface area contributed by atoms with Gasteiger partial charge in [-0.3, -0.25) is 0 Å². The molecule has 1 unspecified atom stereocenters. The van der Waals surface area contributed by atoms with Crippen LogP contribution in [0.15, 0.2) is 24.3 Å². The Morgan fingerprint density at radius 1 is 1.35 bits per heavy atom. The summed E-state index contributed by atoms with van der Waals surface area (Å²) in [5, 5.41) is 17.4. The number of hydrogen-bond donors (Lipinski definition) is 2. The summed E-state index contributed by atoms with van der Waals surface area (Å²) in [5.41, 5.74) is 0.0289. The Morgan fingerprint density at radius 2 is 1.94 bits per heavy atom. The zero-order valence-electron chi connectivity index (χ0n) is 10.2. The summed E-state index contributed by atoms with van der Waals surface area (Å²) in [5.74, 6) is -2.60. The number of aliphatic carboxylic acids is 2. The van der Waals surface area contributed by atoms with Gasteiger partial charge in [0, 0.05) is 17.6 Å². The Morgan fingerprint density at radius 3 is 2.35 bits per heavy atom. The molecule has 5 heteroatoms. The molecular weight excluding hydrogens is 222 g/mol. The molecule has 0 aromatic rings. The van der Waals surface area contributed by atoms with Crippen LogP contribution in [0, 0.1) is 5.92 Å². The molecule has 0 amide bonds. The maximum atomic E-state index is 10.8. The third-order valence-electron chi connectivity index (χ3n) is 2.31.